The van der Waals surface area contributed by atoms with E-state index in [1.165, 1.54) is 0 Å². The zero-order valence-corrected chi connectivity index (χ0v) is 18.7. The van der Waals surface area contributed by atoms with Gasteiger partial charge in [-0.15, -0.1) is 10.2 Å². The standard InChI is InChI=1S/C23H26ClN3O4/c1-4-12-27(15-21-25-26-22(31-21)17-8-6-7-9-18(17)24)23(28)16-10-11-19(30-13-5-2)20(14-16)29-3/h6-11,14H,4-5,12-13,15H2,1-3H3. The van der Waals surface area contributed by atoms with E-state index in [-0.39, 0.29) is 12.5 Å². The Morgan fingerprint density at radius 1 is 1.10 bits per heavy atom. The molecule has 0 atom stereocenters. The molecule has 0 aliphatic rings. The fourth-order valence-corrected chi connectivity index (χ4v) is 3.28. The predicted octanol–water partition coefficient (Wildman–Crippen LogP) is 5.24. The van der Waals surface area contributed by atoms with Crippen molar-refractivity contribution < 1.29 is 18.7 Å². The number of hydrogen-bond donors (Lipinski definition) is 0. The van der Waals surface area contributed by atoms with Gasteiger partial charge in [0.1, 0.15) is 0 Å². The molecule has 0 bridgehead atoms. The average molecular weight is 444 g/mol. The van der Waals surface area contributed by atoms with Crippen LogP contribution in [0.15, 0.2) is 46.9 Å². The van der Waals surface area contributed by atoms with E-state index in [0.717, 1.165) is 12.8 Å². The first-order valence-corrected chi connectivity index (χ1v) is 10.6. The number of rotatable bonds is 10. The van der Waals surface area contributed by atoms with Crippen LogP contribution in [0.5, 0.6) is 11.5 Å². The van der Waals surface area contributed by atoms with Gasteiger partial charge in [-0.3, -0.25) is 4.79 Å². The molecule has 164 valence electrons. The van der Waals surface area contributed by atoms with Crippen LogP contribution in [-0.4, -0.2) is 41.3 Å². The number of methoxy groups -OCH3 is 1. The lowest BCUT2D eigenvalue weighted by atomic mass is 10.1. The van der Waals surface area contributed by atoms with Gasteiger partial charge in [0, 0.05) is 12.1 Å². The second kappa shape index (κ2) is 10.8. The Kier molecular flexibility index (Phi) is 7.89. The number of carbonyl (C=O) groups excluding carboxylic acids is 1. The molecule has 8 heteroatoms. The van der Waals surface area contributed by atoms with E-state index < -0.39 is 0 Å². The maximum absolute atomic E-state index is 13.2. The minimum atomic E-state index is -0.153. The third-order valence-corrected chi connectivity index (χ3v) is 4.88. The molecule has 3 aromatic rings. The van der Waals surface area contributed by atoms with Crippen molar-refractivity contribution in [2.45, 2.75) is 33.2 Å². The summed E-state index contributed by atoms with van der Waals surface area (Å²) in [6.07, 6.45) is 1.67. The lowest BCUT2D eigenvalue weighted by Crippen LogP contribution is -2.31. The van der Waals surface area contributed by atoms with E-state index in [1.54, 1.807) is 36.3 Å². The van der Waals surface area contributed by atoms with Crippen molar-refractivity contribution >= 4 is 17.5 Å². The van der Waals surface area contributed by atoms with Gasteiger partial charge in [-0.2, -0.15) is 0 Å². The molecule has 2 aromatic carbocycles. The van der Waals surface area contributed by atoms with Crippen molar-refractivity contribution in [3.05, 3.63) is 58.9 Å². The maximum Gasteiger partial charge on any atom is 0.254 e. The maximum atomic E-state index is 13.2. The third-order valence-electron chi connectivity index (χ3n) is 4.55. The largest absolute Gasteiger partial charge is 0.493 e. The highest BCUT2D eigenvalue weighted by Crippen LogP contribution is 2.29. The molecular formula is C23H26ClN3O4. The van der Waals surface area contributed by atoms with Crippen LogP contribution >= 0.6 is 11.6 Å². The Hall–Kier alpha value is -3.06. The molecule has 0 aliphatic heterocycles. The first-order valence-electron chi connectivity index (χ1n) is 10.2. The minimum absolute atomic E-state index is 0.153. The summed E-state index contributed by atoms with van der Waals surface area (Å²) in [6.45, 7) is 5.35. The summed E-state index contributed by atoms with van der Waals surface area (Å²) in [6, 6.07) is 12.4. The second-order valence-electron chi connectivity index (χ2n) is 6.92. The van der Waals surface area contributed by atoms with E-state index in [1.807, 2.05) is 32.0 Å². The molecule has 0 spiro atoms. The van der Waals surface area contributed by atoms with Crippen molar-refractivity contribution in [3.8, 4) is 23.0 Å². The van der Waals surface area contributed by atoms with Crippen LogP contribution < -0.4 is 9.47 Å². The average Bonchev–Trinajstić information content (AvgIpc) is 3.25. The van der Waals surface area contributed by atoms with Gasteiger partial charge >= 0.3 is 0 Å². The summed E-state index contributed by atoms with van der Waals surface area (Å²) in [4.78, 5) is 14.9. The van der Waals surface area contributed by atoms with Crippen LogP contribution in [-0.2, 0) is 6.54 Å². The molecule has 1 amide bonds. The van der Waals surface area contributed by atoms with Crippen LogP contribution in [0.2, 0.25) is 5.02 Å². The Morgan fingerprint density at radius 3 is 2.61 bits per heavy atom. The second-order valence-corrected chi connectivity index (χ2v) is 7.33. The third kappa shape index (κ3) is 5.55. The van der Waals surface area contributed by atoms with Crippen LogP contribution in [0.4, 0.5) is 0 Å². The number of ether oxygens (including phenoxy) is 2. The van der Waals surface area contributed by atoms with E-state index in [4.69, 9.17) is 25.5 Å². The first-order chi connectivity index (χ1) is 15.1. The Bertz CT molecular complexity index is 1020. The number of hydrogen-bond acceptors (Lipinski definition) is 6. The molecule has 0 saturated carbocycles. The molecule has 1 aromatic heterocycles. The SMILES string of the molecule is CCCOc1ccc(C(=O)N(CCC)Cc2nnc(-c3ccccc3Cl)o2)cc1OC. The molecule has 0 saturated heterocycles. The topological polar surface area (TPSA) is 77.7 Å². The number of nitrogens with zero attached hydrogens (tertiary/aromatic N) is 3. The van der Waals surface area contributed by atoms with E-state index in [0.29, 0.717) is 52.6 Å². The molecule has 1 heterocycles. The predicted molar refractivity (Wildman–Crippen MR) is 119 cm³/mol. The van der Waals surface area contributed by atoms with E-state index >= 15 is 0 Å². The molecule has 0 aliphatic carbocycles. The number of benzene rings is 2. The van der Waals surface area contributed by atoms with Crippen molar-refractivity contribution in [3.63, 3.8) is 0 Å². The van der Waals surface area contributed by atoms with E-state index in [2.05, 4.69) is 10.2 Å². The summed E-state index contributed by atoms with van der Waals surface area (Å²) in [5.74, 6) is 1.65. The van der Waals surface area contributed by atoms with Gasteiger partial charge in [0.05, 0.1) is 30.8 Å². The fourth-order valence-electron chi connectivity index (χ4n) is 3.06. The Morgan fingerprint density at radius 2 is 1.90 bits per heavy atom. The van der Waals surface area contributed by atoms with Crippen LogP contribution in [0.3, 0.4) is 0 Å². The summed E-state index contributed by atoms with van der Waals surface area (Å²) in [5, 5.41) is 8.71. The van der Waals surface area contributed by atoms with Crippen molar-refractivity contribution in [1.82, 2.24) is 15.1 Å². The number of carbonyl (C=O) groups is 1. The fraction of sp³-hybridized carbons (Fsp3) is 0.348. The van der Waals surface area contributed by atoms with Crippen LogP contribution in [0.25, 0.3) is 11.5 Å². The highest BCUT2D eigenvalue weighted by molar-refractivity contribution is 6.33. The first kappa shape index (κ1) is 22.6. The molecular weight excluding hydrogens is 418 g/mol. The summed E-state index contributed by atoms with van der Waals surface area (Å²) in [7, 11) is 1.56. The smallest absolute Gasteiger partial charge is 0.254 e. The quantitative estimate of drug-likeness (QED) is 0.426. The molecule has 0 fully saturated rings. The molecule has 31 heavy (non-hydrogen) atoms. The van der Waals surface area contributed by atoms with Crippen molar-refractivity contribution in [2.24, 2.45) is 0 Å². The number of halogens is 1. The summed E-state index contributed by atoms with van der Waals surface area (Å²) < 4.78 is 16.9. The van der Waals surface area contributed by atoms with Crippen LogP contribution in [0, 0.1) is 0 Å². The molecule has 3 rings (SSSR count). The van der Waals surface area contributed by atoms with Gasteiger partial charge in [0.15, 0.2) is 11.5 Å². The Balaban J connectivity index is 1.79. The van der Waals surface area contributed by atoms with Gasteiger partial charge < -0.3 is 18.8 Å². The van der Waals surface area contributed by atoms with Gasteiger partial charge in [-0.05, 0) is 43.2 Å². The summed E-state index contributed by atoms with van der Waals surface area (Å²) >= 11 is 6.21. The summed E-state index contributed by atoms with van der Waals surface area (Å²) in [5.41, 5.74) is 1.16. The lowest BCUT2D eigenvalue weighted by Gasteiger charge is -2.21. The highest BCUT2D eigenvalue weighted by Gasteiger charge is 2.21. The zero-order chi connectivity index (χ0) is 22.2. The van der Waals surface area contributed by atoms with Gasteiger partial charge in [0.25, 0.3) is 5.91 Å². The van der Waals surface area contributed by atoms with Gasteiger partial charge in [-0.1, -0.05) is 37.6 Å². The highest BCUT2D eigenvalue weighted by atomic mass is 35.5. The van der Waals surface area contributed by atoms with Crippen molar-refractivity contribution in [2.75, 3.05) is 20.3 Å². The van der Waals surface area contributed by atoms with Crippen LogP contribution in [0.1, 0.15) is 42.9 Å². The van der Waals surface area contributed by atoms with Gasteiger partial charge in [-0.25, -0.2) is 0 Å². The normalized spacial score (nSPS) is 10.7. The zero-order valence-electron chi connectivity index (χ0n) is 17.9. The molecule has 7 nitrogen and oxygen atoms in total. The molecule has 0 unspecified atom stereocenters. The Labute approximate surface area is 186 Å². The number of aromatic nitrogens is 2. The van der Waals surface area contributed by atoms with E-state index in [9.17, 15) is 4.79 Å². The monoisotopic (exact) mass is 443 g/mol. The van der Waals surface area contributed by atoms with Crippen molar-refractivity contribution in [1.29, 1.82) is 0 Å². The molecule has 0 radical (unpaired) electrons. The minimum Gasteiger partial charge on any atom is -0.493 e. The van der Waals surface area contributed by atoms with Gasteiger partial charge in [0.2, 0.25) is 11.8 Å². The molecule has 0 N–H and O–H groups in total. The lowest BCUT2D eigenvalue weighted by molar-refractivity contribution is 0.0728. The number of amides is 1.